The molecule has 0 unspecified atom stereocenters. The van der Waals surface area contributed by atoms with E-state index in [-0.39, 0.29) is 84.6 Å². The minimum absolute atomic E-state index is 0. The number of carbonyl (C=O) groups excluding carboxylic acids is 3. The number of aromatic nitrogens is 7. The fraction of sp³-hybridized carbons (Fsp3) is 0.104. The molecule has 145 heavy (non-hydrogen) atoms. The van der Waals surface area contributed by atoms with Crippen LogP contribution >= 0.6 is 62.3 Å². The standard InChI is InChI=1S/C26H20FN3O3.C20H16FNO3.C18H13ClFNO3.C17H10ClFN2O.C10H4Cl2N2.C7H7BFO3.C6H6BrN.C2H3BF2.FH.K/c1-28-25-11-7-17(15-29-25)5-4-16-6-9-20-21(19-10-8-18(32-2)13-22(19)27)14-24(26(31)33-3)30-23(20)12-16;1-4-12-5-7-15-16(14-8-6-13(24-2)10-17(14)21)11-19(20(23)25-3)22-18(15)9-12;1-23-11-4-6-12(15(20)8-11)14-9-17(18(22)24-2)21-16-7-10(19)3-5-13(14)16;1-22-12-3-5-13(16(19)8-12)15-7-11(9-20)21-17-6-10(18)2-4-14(15)17;11-6-1-2-8-9(12)4-7(5-13)14-10(8)3-6;1-11-5-2-3-7(12-8-10)6(9)4-5;1-5-2-3-6(7)4-8-5;1-2-3(4)5;;/h6-15H,4-5H2,2-3H3;4-11H,1H2,2-3H3;3-9H,1-2H3;2-8H,1H3;1-4H;2-4,10H,1H3;2-4H,1H3;2H,1H2;1H;/q;;;;;;;;;+1/p-1. The number of pyridine rings is 7. The maximum Gasteiger partial charge on any atom is 1.00 e. The number of esters is 3. The Balaban J connectivity index is 0.000000211. The summed E-state index contributed by atoms with van der Waals surface area (Å²) in [6.45, 7) is 15.5. The van der Waals surface area contributed by atoms with Crippen molar-refractivity contribution in [3.05, 3.63) is 384 Å². The number of nitrogens with zero attached hydrogens (tertiary/aromatic N) is 10. The van der Waals surface area contributed by atoms with Crippen LogP contribution in [0.4, 0.5) is 36.4 Å². The summed E-state index contributed by atoms with van der Waals surface area (Å²) in [5, 5.41) is 31.8. The van der Waals surface area contributed by atoms with Crippen LogP contribution in [0.2, 0.25) is 20.1 Å². The second-order valence-corrected chi connectivity index (χ2v) is 32.1. The van der Waals surface area contributed by atoms with E-state index in [1.54, 1.807) is 146 Å². The van der Waals surface area contributed by atoms with Gasteiger partial charge in [0.05, 0.1) is 89.5 Å². The predicted octanol–water partition coefficient (Wildman–Crippen LogP) is 20.6. The minimum atomic E-state index is -2.35. The molecular weight excluding hydrogens is 2060 g/mol. The molecule has 1 radical (unpaired) electrons. The van der Waals surface area contributed by atoms with Crippen molar-refractivity contribution >= 4 is 162 Å². The van der Waals surface area contributed by atoms with Gasteiger partial charge in [-0.1, -0.05) is 114 Å². The summed E-state index contributed by atoms with van der Waals surface area (Å²) in [6.07, 6.45) is 6.61. The molecule has 1 N–H and O–H groups in total. The summed E-state index contributed by atoms with van der Waals surface area (Å²) >= 11 is 27.0. The van der Waals surface area contributed by atoms with Crippen molar-refractivity contribution in [3.8, 4) is 91.1 Å². The van der Waals surface area contributed by atoms with Crippen molar-refractivity contribution in [2.75, 3.05) is 56.9 Å². The summed E-state index contributed by atoms with van der Waals surface area (Å²) < 4.78 is 137. The van der Waals surface area contributed by atoms with E-state index in [4.69, 9.17) is 106 Å². The molecule has 0 amide bonds. The van der Waals surface area contributed by atoms with Crippen molar-refractivity contribution in [2.24, 2.45) is 0 Å². The number of carbonyl (C=O) groups is 3. The molecule has 7 heterocycles. The molecule has 0 saturated carbocycles. The number of hydrogen-bond acceptors (Lipinski definition) is 22. The van der Waals surface area contributed by atoms with Gasteiger partial charge in [-0.15, -0.1) is 11.6 Å². The maximum atomic E-state index is 14.9. The molecule has 23 nitrogen and oxygen atoms in total. The van der Waals surface area contributed by atoms with E-state index in [1.807, 2.05) is 67.6 Å². The molecule has 0 spiro atoms. The number of rotatable bonds is 19. The number of fused-ring (bicyclic) bond motifs is 5. The van der Waals surface area contributed by atoms with Crippen LogP contribution in [0.1, 0.15) is 65.2 Å². The van der Waals surface area contributed by atoms with Crippen molar-refractivity contribution < 1.29 is 149 Å². The van der Waals surface area contributed by atoms with Crippen LogP contribution in [-0.2, 0) is 27.1 Å². The van der Waals surface area contributed by atoms with Crippen LogP contribution in [-0.4, -0.2) is 130 Å². The van der Waals surface area contributed by atoms with Crippen molar-refractivity contribution in [1.82, 2.24) is 34.9 Å². The van der Waals surface area contributed by atoms with Crippen molar-refractivity contribution in [2.45, 2.75) is 19.8 Å². The zero-order chi connectivity index (χ0) is 104. The zero-order valence-electron chi connectivity index (χ0n) is 78.5. The third-order valence-electron chi connectivity index (χ3n) is 20.5. The van der Waals surface area contributed by atoms with E-state index in [1.165, 1.54) is 118 Å². The van der Waals surface area contributed by atoms with Gasteiger partial charge in [0.1, 0.15) is 105 Å². The van der Waals surface area contributed by atoms with E-state index in [0.29, 0.717) is 158 Å². The number of halogens is 13. The summed E-state index contributed by atoms with van der Waals surface area (Å²) in [5.41, 5.74) is 11.2. The Morgan fingerprint density at radius 2 is 0.800 bits per heavy atom. The van der Waals surface area contributed by atoms with E-state index >= 15 is 0 Å². The first kappa shape index (κ1) is 116. The Bertz CT molecular complexity index is 7690. The van der Waals surface area contributed by atoms with E-state index in [0.717, 1.165) is 54.8 Å². The SMILES string of the molecule is C=CB(F)F.C=Cc1ccc2c(-c3ccc(OC)cc3F)cc(C(=O)OC)nc2c1.COC(=O)c1cc(-c2ccc(OC)cc2F)c2ccc(Cl)cc2n1.COc1ccc(-c2cc(C#N)nc3cc(Cl)ccc23)c(F)c1.COc1ccc(O[B]O)c(F)c1.Cc1ccc(Br)cn1.N#Cc1cc(Cl)c2ccc(Cl)cc2n1.[C-]#[N+]c1ccc(CCc2ccc3c(-c4ccc(OC)cc4F)cc(C(=O)OC)nc3c2)cn1.[F-].[K+]. The molecule has 17 rings (SSSR count). The topological polar surface area (TPSA) is 297 Å². The molecule has 0 aliphatic heterocycles. The van der Waals surface area contributed by atoms with Gasteiger partial charge in [0.15, 0.2) is 5.82 Å². The Morgan fingerprint density at radius 3 is 1.15 bits per heavy atom. The Labute approximate surface area is 899 Å². The summed E-state index contributed by atoms with van der Waals surface area (Å²) in [6, 6.07) is 68.2. The van der Waals surface area contributed by atoms with Crippen LogP contribution in [0.15, 0.2) is 273 Å². The molecule has 0 aliphatic carbocycles. The van der Waals surface area contributed by atoms with Crippen LogP contribution in [0.3, 0.4) is 0 Å². The van der Waals surface area contributed by atoms with Crippen molar-refractivity contribution in [3.63, 3.8) is 0 Å². The smallest absolute Gasteiger partial charge is 1.00 e. The fourth-order valence-corrected chi connectivity index (χ4v) is 14.5. The fourth-order valence-electron chi connectivity index (χ4n) is 13.5. The second kappa shape index (κ2) is 56.5. The average Bonchev–Trinajstić information content (AvgIpc) is 0.790. The van der Waals surface area contributed by atoms with E-state index in [2.05, 4.69) is 73.5 Å². The third-order valence-corrected chi connectivity index (χ3v) is 22.0. The first-order chi connectivity index (χ1) is 68.8. The van der Waals surface area contributed by atoms with Crippen LogP contribution in [0.5, 0.6) is 34.5 Å². The van der Waals surface area contributed by atoms with Gasteiger partial charge in [-0.3, -0.25) is 13.6 Å². The summed E-state index contributed by atoms with van der Waals surface area (Å²) in [5.74, 6) is -1.19. The van der Waals surface area contributed by atoms with E-state index < -0.39 is 54.3 Å². The van der Waals surface area contributed by atoms with Gasteiger partial charge in [-0.2, -0.15) is 10.5 Å². The monoisotopic (exact) mass is 2130 g/mol. The molecule has 729 valence electrons. The molecule has 0 aliphatic rings. The Kier molecular flexibility index (Phi) is 45.1. The number of benzene rings is 10. The Hall–Kier alpha value is -14.5. The quantitative estimate of drug-likeness (QED) is 0.0258. The Morgan fingerprint density at radius 1 is 0.441 bits per heavy atom. The molecule has 0 bridgehead atoms. The molecule has 7 aromatic heterocycles. The van der Waals surface area contributed by atoms with Crippen LogP contribution < -0.4 is 84.4 Å². The van der Waals surface area contributed by atoms with Gasteiger partial charge >= 0.3 is 84.2 Å². The minimum Gasteiger partial charge on any atom is -1.00 e. The molecule has 39 heteroatoms. The number of hydrogen-bond donors (Lipinski definition) is 1. The third kappa shape index (κ3) is 31.8. The second-order valence-electron chi connectivity index (χ2n) is 29.5. The molecule has 0 saturated heterocycles. The summed E-state index contributed by atoms with van der Waals surface area (Å²) in [4.78, 5) is 68.9. The number of nitriles is 2. The number of aryl methyl sites for hydroxylation is 3. The van der Waals surface area contributed by atoms with Gasteiger partial charge in [0, 0.05) is 111 Å². The van der Waals surface area contributed by atoms with E-state index in [9.17, 15) is 45.0 Å². The van der Waals surface area contributed by atoms with Crippen molar-refractivity contribution in [1.29, 1.82) is 10.5 Å². The van der Waals surface area contributed by atoms with Crippen LogP contribution in [0, 0.1) is 65.2 Å². The van der Waals surface area contributed by atoms with Gasteiger partial charge in [0.25, 0.3) is 5.82 Å². The molecule has 0 atom stereocenters. The number of methoxy groups -OCH3 is 8. The van der Waals surface area contributed by atoms with Gasteiger partial charge in [0.2, 0.25) is 0 Å². The normalized spacial score (nSPS) is 10.1. The molecule has 10 aromatic carbocycles. The largest absolute Gasteiger partial charge is 1.00 e. The first-order valence-corrected chi connectivity index (χ1v) is 44.2. The van der Waals surface area contributed by atoms with Gasteiger partial charge < -0.3 is 57.1 Å². The molecular formula is C106H79B2BrCl4F8KN10O13. The zero-order valence-corrected chi connectivity index (χ0v) is 86.3. The van der Waals surface area contributed by atoms with Gasteiger partial charge in [-0.25, -0.2) is 61.3 Å². The van der Waals surface area contributed by atoms with Gasteiger partial charge in [-0.05, 0) is 238 Å². The predicted molar refractivity (Wildman–Crippen MR) is 544 cm³/mol. The maximum absolute atomic E-state index is 14.9. The average molecular weight is 2140 g/mol. The van der Waals surface area contributed by atoms with Crippen LogP contribution in [0.25, 0.3) is 110 Å². The molecule has 17 aromatic rings. The molecule has 0 fully saturated rings. The summed E-state index contributed by atoms with van der Waals surface area (Å²) in [7, 11) is 9.23. The first-order valence-electron chi connectivity index (χ1n) is 41.9. The number of ether oxygens (including phenoxy) is 8.